The molecule has 1 aromatic heterocycles. The maximum Gasteiger partial charge on any atom is 0.254 e. The first-order chi connectivity index (χ1) is 12.5. The number of amides is 1. The van der Waals surface area contributed by atoms with E-state index in [1.807, 2.05) is 24.3 Å². The van der Waals surface area contributed by atoms with E-state index in [9.17, 15) is 4.79 Å². The molecule has 138 valence electrons. The van der Waals surface area contributed by atoms with E-state index in [4.69, 9.17) is 0 Å². The normalized spacial score (nSPS) is 22.8. The zero-order valence-electron chi connectivity index (χ0n) is 15.2. The topological polar surface area (TPSA) is 42.0 Å². The summed E-state index contributed by atoms with van der Waals surface area (Å²) in [6.07, 6.45) is 5.27. The number of nitrogens with zero attached hydrogens (tertiary/aromatic N) is 1. The zero-order chi connectivity index (χ0) is 18.5. The average molecular weight is 433 g/mol. The Morgan fingerprint density at radius 1 is 1.27 bits per heavy atom. The molecule has 0 aliphatic heterocycles. The second-order valence-electron chi connectivity index (χ2n) is 7.12. The van der Waals surface area contributed by atoms with Crippen LogP contribution in [0.15, 0.2) is 52.1 Å². The highest BCUT2D eigenvalue weighted by molar-refractivity contribution is 9.10. The predicted molar refractivity (Wildman–Crippen MR) is 111 cm³/mol. The van der Waals surface area contributed by atoms with Gasteiger partial charge in [-0.2, -0.15) is 0 Å². The summed E-state index contributed by atoms with van der Waals surface area (Å²) in [7, 11) is 0. The number of pyridine rings is 1. The van der Waals surface area contributed by atoms with Gasteiger partial charge in [-0.05, 0) is 48.1 Å². The number of hydrogen-bond donors (Lipinski definition) is 1. The lowest BCUT2D eigenvalue weighted by Crippen LogP contribution is -2.43. The van der Waals surface area contributed by atoms with Gasteiger partial charge in [-0.15, -0.1) is 11.8 Å². The zero-order valence-corrected chi connectivity index (χ0v) is 17.6. The van der Waals surface area contributed by atoms with Crippen molar-refractivity contribution in [3.8, 4) is 0 Å². The molecule has 1 heterocycles. The van der Waals surface area contributed by atoms with Gasteiger partial charge < -0.3 is 5.32 Å². The average Bonchev–Trinajstić information content (AvgIpc) is 2.64. The Hall–Kier alpha value is -1.33. The van der Waals surface area contributed by atoms with Crippen molar-refractivity contribution < 1.29 is 4.79 Å². The predicted octanol–water partition coefficient (Wildman–Crippen LogP) is 5.69. The van der Waals surface area contributed by atoms with Gasteiger partial charge in [0.25, 0.3) is 5.91 Å². The first-order valence-electron chi connectivity index (χ1n) is 9.17. The number of rotatable bonds is 5. The molecule has 1 N–H and O–H groups in total. The Morgan fingerprint density at radius 3 is 2.92 bits per heavy atom. The molecule has 26 heavy (non-hydrogen) atoms. The van der Waals surface area contributed by atoms with Crippen LogP contribution in [0.5, 0.6) is 0 Å². The van der Waals surface area contributed by atoms with E-state index in [0.29, 0.717) is 17.4 Å². The fourth-order valence-corrected chi connectivity index (χ4v) is 4.87. The lowest BCUT2D eigenvalue weighted by molar-refractivity contribution is 0.0887. The van der Waals surface area contributed by atoms with Gasteiger partial charge in [0.05, 0.1) is 5.56 Å². The molecule has 0 radical (unpaired) electrons. The third kappa shape index (κ3) is 4.89. The van der Waals surface area contributed by atoms with Crippen LogP contribution in [0.25, 0.3) is 0 Å². The third-order valence-corrected chi connectivity index (χ3v) is 6.87. The maximum absolute atomic E-state index is 12.9. The molecule has 0 unspecified atom stereocenters. The first-order valence-corrected chi connectivity index (χ1v) is 11.0. The van der Waals surface area contributed by atoms with Crippen LogP contribution in [0, 0.1) is 11.8 Å². The summed E-state index contributed by atoms with van der Waals surface area (Å²) in [4.78, 5) is 17.3. The van der Waals surface area contributed by atoms with E-state index in [1.165, 1.54) is 18.4 Å². The Kier molecular flexibility index (Phi) is 6.76. The molecule has 1 fully saturated rings. The number of halogens is 1. The minimum Gasteiger partial charge on any atom is -0.349 e. The maximum atomic E-state index is 12.9. The fraction of sp³-hybridized carbons (Fsp3) is 0.429. The van der Waals surface area contributed by atoms with Crippen molar-refractivity contribution in [2.45, 2.75) is 49.9 Å². The largest absolute Gasteiger partial charge is 0.349 e. The number of carbonyl (C=O) groups excluding carboxylic acids is 1. The van der Waals surface area contributed by atoms with Crippen LogP contribution >= 0.6 is 27.7 Å². The molecular formula is C21H25BrN2OS. The van der Waals surface area contributed by atoms with Gasteiger partial charge in [0, 0.05) is 22.5 Å². The van der Waals surface area contributed by atoms with Crippen molar-refractivity contribution >= 4 is 33.6 Å². The lowest BCUT2D eigenvalue weighted by Gasteiger charge is -2.34. The molecule has 1 aliphatic carbocycles. The van der Waals surface area contributed by atoms with Crippen LogP contribution in [0.2, 0.25) is 0 Å². The monoisotopic (exact) mass is 432 g/mol. The molecule has 5 heteroatoms. The Balaban J connectivity index is 1.69. The molecule has 3 rings (SSSR count). The van der Waals surface area contributed by atoms with E-state index >= 15 is 0 Å². The highest BCUT2D eigenvalue weighted by Gasteiger charge is 2.29. The number of nitrogens with one attached hydrogen (secondary N) is 1. The molecule has 3 atom stereocenters. The summed E-state index contributed by atoms with van der Waals surface area (Å²) >= 11 is 5.11. The minimum absolute atomic E-state index is 0.000734. The highest BCUT2D eigenvalue weighted by atomic mass is 79.9. The van der Waals surface area contributed by atoms with Crippen LogP contribution in [0.4, 0.5) is 0 Å². The lowest BCUT2D eigenvalue weighted by atomic mass is 9.78. The summed E-state index contributed by atoms with van der Waals surface area (Å²) in [5.41, 5.74) is 1.88. The summed E-state index contributed by atoms with van der Waals surface area (Å²) in [5, 5.41) is 4.06. The third-order valence-electron chi connectivity index (χ3n) is 5.30. The molecule has 1 aromatic carbocycles. The quantitative estimate of drug-likeness (QED) is 0.616. The molecule has 0 bridgehead atoms. The molecule has 0 spiro atoms. The van der Waals surface area contributed by atoms with Gasteiger partial charge >= 0.3 is 0 Å². The van der Waals surface area contributed by atoms with Crippen molar-refractivity contribution in [2.24, 2.45) is 11.8 Å². The number of carbonyl (C=O) groups is 1. The summed E-state index contributed by atoms with van der Waals surface area (Å²) in [6, 6.07) is 12.2. The Bertz CT molecular complexity index is 767. The fourth-order valence-electron chi connectivity index (χ4n) is 3.49. The molecule has 1 saturated carbocycles. The number of thioether (sulfide) groups is 1. The Morgan fingerprint density at radius 2 is 2.12 bits per heavy atom. The molecular weight excluding hydrogens is 408 g/mol. The van der Waals surface area contributed by atoms with Crippen LogP contribution in [0.3, 0.4) is 0 Å². The molecule has 1 amide bonds. The van der Waals surface area contributed by atoms with Crippen LogP contribution in [0.1, 0.15) is 49.0 Å². The highest BCUT2D eigenvalue weighted by Crippen LogP contribution is 2.30. The van der Waals surface area contributed by atoms with E-state index in [-0.39, 0.29) is 11.9 Å². The standard InChI is InChI=1S/C21H25BrN2OS/c1-14-6-3-10-19(15(14)2)24-20(25)18-9-5-11-23-21(18)26-13-16-7-4-8-17(22)12-16/h4-5,7-9,11-12,14-15,19H,3,6,10,13H2,1-2H3,(H,24,25)/t14-,15-,19-/m1/s1. The van der Waals surface area contributed by atoms with E-state index < -0.39 is 0 Å². The first kappa shape index (κ1) is 19.4. The molecule has 3 nitrogen and oxygen atoms in total. The van der Waals surface area contributed by atoms with Crippen molar-refractivity contribution in [1.29, 1.82) is 0 Å². The SMILES string of the molecule is C[C@@H]1[C@H](C)CCC[C@H]1NC(=O)c1cccnc1SCc1cccc(Br)c1. The number of hydrogen-bond acceptors (Lipinski definition) is 3. The van der Waals surface area contributed by atoms with Crippen LogP contribution < -0.4 is 5.32 Å². The van der Waals surface area contributed by atoms with Gasteiger partial charge in [0.15, 0.2) is 0 Å². The van der Waals surface area contributed by atoms with Gasteiger partial charge in [-0.25, -0.2) is 4.98 Å². The van der Waals surface area contributed by atoms with E-state index in [2.05, 4.69) is 52.2 Å². The van der Waals surface area contributed by atoms with Crippen LogP contribution in [-0.2, 0) is 5.75 Å². The van der Waals surface area contributed by atoms with E-state index in [1.54, 1.807) is 18.0 Å². The van der Waals surface area contributed by atoms with Gasteiger partial charge in [-0.3, -0.25) is 4.79 Å². The molecule has 2 aromatic rings. The van der Waals surface area contributed by atoms with Gasteiger partial charge in [0.1, 0.15) is 5.03 Å². The summed E-state index contributed by atoms with van der Waals surface area (Å²) in [6.45, 7) is 4.53. The van der Waals surface area contributed by atoms with Crippen molar-refractivity contribution in [2.75, 3.05) is 0 Å². The van der Waals surface area contributed by atoms with Crippen molar-refractivity contribution in [3.63, 3.8) is 0 Å². The Labute approximate surface area is 168 Å². The van der Waals surface area contributed by atoms with Crippen LogP contribution in [-0.4, -0.2) is 16.9 Å². The molecule has 1 aliphatic rings. The van der Waals surface area contributed by atoms with Crippen molar-refractivity contribution in [3.05, 3.63) is 58.2 Å². The van der Waals surface area contributed by atoms with Gasteiger partial charge in [-0.1, -0.05) is 54.8 Å². The van der Waals surface area contributed by atoms with E-state index in [0.717, 1.165) is 21.7 Å². The number of aromatic nitrogens is 1. The minimum atomic E-state index is 0.000734. The number of benzene rings is 1. The van der Waals surface area contributed by atoms with Gasteiger partial charge in [0.2, 0.25) is 0 Å². The second-order valence-corrected chi connectivity index (χ2v) is 9.00. The molecule has 0 saturated heterocycles. The second kappa shape index (κ2) is 9.05. The smallest absolute Gasteiger partial charge is 0.254 e. The summed E-state index contributed by atoms with van der Waals surface area (Å²) in [5.74, 6) is 1.96. The summed E-state index contributed by atoms with van der Waals surface area (Å²) < 4.78 is 1.06. The van der Waals surface area contributed by atoms with Crippen molar-refractivity contribution in [1.82, 2.24) is 10.3 Å².